The van der Waals surface area contributed by atoms with E-state index in [1.165, 1.54) is 18.6 Å². The molecule has 13 heavy (non-hydrogen) atoms. The van der Waals surface area contributed by atoms with Gasteiger partial charge < -0.3 is 9.47 Å². The molecule has 2 nitrogen and oxygen atoms in total. The summed E-state index contributed by atoms with van der Waals surface area (Å²) in [6.45, 7) is 5.10. The molecule has 3 heteroatoms. The van der Waals surface area contributed by atoms with Gasteiger partial charge in [0.15, 0.2) is 0 Å². The molecule has 0 aromatic heterocycles. The largest absolute Gasteiger partial charge is 0.381 e. The molecule has 2 heterocycles. The number of rotatable bonds is 3. The smallest absolute Gasteiger partial charge is 0.0666 e. The predicted octanol–water partition coefficient (Wildman–Crippen LogP) is 1.93. The van der Waals surface area contributed by atoms with Crippen LogP contribution in [0.3, 0.4) is 0 Å². The van der Waals surface area contributed by atoms with Gasteiger partial charge in [-0.2, -0.15) is 11.8 Å². The van der Waals surface area contributed by atoms with Gasteiger partial charge in [0.2, 0.25) is 0 Å². The highest BCUT2D eigenvalue weighted by Crippen LogP contribution is 2.29. The second-order valence-electron chi connectivity index (χ2n) is 3.97. The van der Waals surface area contributed by atoms with Crippen LogP contribution in [0.2, 0.25) is 0 Å². The summed E-state index contributed by atoms with van der Waals surface area (Å²) in [6.07, 6.45) is 2.96. The first kappa shape index (κ1) is 9.81. The molecule has 2 saturated heterocycles. The van der Waals surface area contributed by atoms with E-state index in [4.69, 9.17) is 9.47 Å². The van der Waals surface area contributed by atoms with Crippen LogP contribution in [0.25, 0.3) is 0 Å². The third-order valence-electron chi connectivity index (χ3n) is 2.88. The van der Waals surface area contributed by atoms with Gasteiger partial charge in [-0.05, 0) is 31.4 Å². The summed E-state index contributed by atoms with van der Waals surface area (Å²) >= 11 is 2.08. The molecule has 3 unspecified atom stereocenters. The van der Waals surface area contributed by atoms with Crippen LogP contribution in [-0.4, -0.2) is 36.9 Å². The average molecular weight is 202 g/mol. The van der Waals surface area contributed by atoms with Gasteiger partial charge in [0.05, 0.1) is 12.7 Å². The third-order valence-corrected chi connectivity index (χ3v) is 4.59. The SMILES string of the molecule is CC1OCCC1SCC1CCOC1. The van der Waals surface area contributed by atoms with Gasteiger partial charge in [-0.3, -0.25) is 0 Å². The minimum Gasteiger partial charge on any atom is -0.381 e. The molecule has 2 fully saturated rings. The standard InChI is InChI=1S/C10H18O2S/c1-8-10(3-5-12-8)13-7-9-2-4-11-6-9/h8-10H,2-7H2,1H3. The summed E-state index contributed by atoms with van der Waals surface area (Å²) in [5.41, 5.74) is 0. The number of hydrogen-bond donors (Lipinski definition) is 0. The van der Waals surface area contributed by atoms with Crippen molar-refractivity contribution in [3.05, 3.63) is 0 Å². The zero-order valence-corrected chi connectivity index (χ0v) is 9.02. The van der Waals surface area contributed by atoms with Crippen molar-refractivity contribution in [1.82, 2.24) is 0 Å². The van der Waals surface area contributed by atoms with E-state index < -0.39 is 0 Å². The summed E-state index contributed by atoms with van der Waals surface area (Å²) in [6, 6.07) is 0. The van der Waals surface area contributed by atoms with Crippen LogP contribution in [-0.2, 0) is 9.47 Å². The third kappa shape index (κ3) is 2.61. The maximum Gasteiger partial charge on any atom is 0.0666 e. The van der Waals surface area contributed by atoms with Crippen molar-refractivity contribution >= 4 is 11.8 Å². The Kier molecular flexibility index (Phi) is 3.52. The minimum absolute atomic E-state index is 0.465. The molecule has 0 radical (unpaired) electrons. The zero-order valence-electron chi connectivity index (χ0n) is 8.20. The second kappa shape index (κ2) is 4.67. The first-order valence-corrected chi connectivity index (χ1v) is 6.22. The summed E-state index contributed by atoms with van der Waals surface area (Å²) < 4.78 is 10.9. The Labute approximate surface area is 84.4 Å². The lowest BCUT2D eigenvalue weighted by Gasteiger charge is -2.15. The molecule has 0 amide bonds. The highest BCUT2D eigenvalue weighted by Gasteiger charge is 2.26. The molecular weight excluding hydrogens is 184 g/mol. The molecule has 0 aliphatic carbocycles. The number of hydrogen-bond acceptors (Lipinski definition) is 3. The van der Waals surface area contributed by atoms with Gasteiger partial charge in [-0.15, -0.1) is 0 Å². The van der Waals surface area contributed by atoms with E-state index >= 15 is 0 Å². The monoisotopic (exact) mass is 202 g/mol. The fourth-order valence-electron chi connectivity index (χ4n) is 1.91. The van der Waals surface area contributed by atoms with E-state index in [9.17, 15) is 0 Å². The Morgan fingerprint density at radius 3 is 2.85 bits per heavy atom. The lowest BCUT2D eigenvalue weighted by molar-refractivity contribution is 0.127. The van der Waals surface area contributed by atoms with Gasteiger partial charge >= 0.3 is 0 Å². The number of thioether (sulfide) groups is 1. The molecule has 0 aromatic carbocycles. The van der Waals surface area contributed by atoms with Crippen molar-refractivity contribution in [2.75, 3.05) is 25.6 Å². The van der Waals surface area contributed by atoms with Gasteiger partial charge in [0.25, 0.3) is 0 Å². The quantitative estimate of drug-likeness (QED) is 0.697. The first-order chi connectivity index (χ1) is 6.36. The van der Waals surface area contributed by atoms with Crippen molar-refractivity contribution in [3.63, 3.8) is 0 Å². The van der Waals surface area contributed by atoms with Crippen molar-refractivity contribution in [2.24, 2.45) is 5.92 Å². The van der Waals surface area contributed by atoms with E-state index in [1.807, 2.05) is 0 Å². The Morgan fingerprint density at radius 1 is 1.31 bits per heavy atom. The molecule has 76 valence electrons. The highest BCUT2D eigenvalue weighted by atomic mass is 32.2. The number of ether oxygens (including phenoxy) is 2. The van der Waals surface area contributed by atoms with E-state index in [2.05, 4.69) is 18.7 Å². The van der Waals surface area contributed by atoms with E-state index in [-0.39, 0.29) is 0 Å². The molecule has 0 spiro atoms. The van der Waals surface area contributed by atoms with Crippen LogP contribution < -0.4 is 0 Å². The lowest BCUT2D eigenvalue weighted by Crippen LogP contribution is -2.16. The van der Waals surface area contributed by atoms with Crippen LogP contribution in [0.15, 0.2) is 0 Å². The lowest BCUT2D eigenvalue weighted by atomic mass is 10.2. The van der Waals surface area contributed by atoms with E-state index in [0.29, 0.717) is 6.10 Å². The molecule has 2 rings (SSSR count). The summed E-state index contributed by atoms with van der Waals surface area (Å²) in [5.74, 6) is 2.07. The summed E-state index contributed by atoms with van der Waals surface area (Å²) in [4.78, 5) is 0. The van der Waals surface area contributed by atoms with Crippen LogP contribution >= 0.6 is 11.8 Å². The molecule has 3 atom stereocenters. The van der Waals surface area contributed by atoms with Crippen molar-refractivity contribution in [1.29, 1.82) is 0 Å². The molecule has 0 bridgehead atoms. The van der Waals surface area contributed by atoms with Crippen molar-refractivity contribution in [3.8, 4) is 0 Å². The second-order valence-corrected chi connectivity index (χ2v) is 5.24. The van der Waals surface area contributed by atoms with Crippen molar-refractivity contribution in [2.45, 2.75) is 31.1 Å². The Balaban J connectivity index is 1.66. The molecule has 0 N–H and O–H groups in total. The van der Waals surface area contributed by atoms with Gasteiger partial charge in [-0.25, -0.2) is 0 Å². The Hall–Kier alpha value is 0.270. The predicted molar refractivity (Wildman–Crippen MR) is 55.2 cm³/mol. The first-order valence-electron chi connectivity index (χ1n) is 5.17. The maximum atomic E-state index is 5.53. The van der Waals surface area contributed by atoms with Gasteiger partial charge in [-0.1, -0.05) is 0 Å². The van der Waals surface area contributed by atoms with Crippen LogP contribution in [0.5, 0.6) is 0 Å². The fraction of sp³-hybridized carbons (Fsp3) is 1.00. The average Bonchev–Trinajstić information content (AvgIpc) is 2.72. The van der Waals surface area contributed by atoms with Crippen LogP contribution in [0, 0.1) is 5.92 Å². The Morgan fingerprint density at radius 2 is 2.23 bits per heavy atom. The van der Waals surface area contributed by atoms with Crippen LogP contribution in [0.4, 0.5) is 0 Å². The van der Waals surface area contributed by atoms with Crippen molar-refractivity contribution < 1.29 is 9.47 Å². The molecule has 2 aliphatic rings. The van der Waals surface area contributed by atoms with E-state index in [1.54, 1.807) is 0 Å². The molecule has 0 aromatic rings. The molecule has 0 saturated carbocycles. The van der Waals surface area contributed by atoms with Crippen LogP contribution in [0.1, 0.15) is 19.8 Å². The Bertz CT molecular complexity index is 157. The fourth-order valence-corrected chi connectivity index (χ4v) is 3.30. The minimum atomic E-state index is 0.465. The zero-order chi connectivity index (χ0) is 9.10. The maximum absolute atomic E-state index is 5.53. The normalized spacial score (nSPS) is 39.9. The van der Waals surface area contributed by atoms with Gasteiger partial charge in [0, 0.05) is 18.5 Å². The summed E-state index contributed by atoms with van der Waals surface area (Å²) in [7, 11) is 0. The summed E-state index contributed by atoms with van der Waals surface area (Å²) in [5, 5.41) is 0.737. The van der Waals surface area contributed by atoms with E-state index in [0.717, 1.165) is 31.0 Å². The topological polar surface area (TPSA) is 18.5 Å². The molecular formula is C10H18O2S. The van der Waals surface area contributed by atoms with Gasteiger partial charge in [0.1, 0.15) is 0 Å². The highest BCUT2D eigenvalue weighted by molar-refractivity contribution is 7.99. The molecule has 2 aliphatic heterocycles.